The predicted molar refractivity (Wildman–Crippen MR) is 393 cm³/mol. The van der Waals surface area contributed by atoms with Gasteiger partial charge < -0.3 is 18.6 Å². The molecule has 94 heavy (non-hydrogen) atoms. The first-order valence-electron chi connectivity index (χ1n) is 32.0. The molecule has 0 atom stereocenters. The highest BCUT2D eigenvalue weighted by atomic mass is 15.1. The number of aromatic nitrogens is 5. The van der Waals surface area contributed by atoms with Crippen LogP contribution < -0.4 is 4.90 Å². The van der Waals surface area contributed by atoms with E-state index in [9.17, 15) is 0 Å². The summed E-state index contributed by atoms with van der Waals surface area (Å²) in [6.45, 7) is 0. The van der Waals surface area contributed by atoms with Crippen molar-refractivity contribution in [3.63, 3.8) is 0 Å². The van der Waals surface area contributed by atoms with E-state index >= 15 is 0 Å². The molecule has 442 valence electrons. The molecule has 0 N–H and O–H groups in total. The summed E-state index contributed by atoms with van der Waals surface area (Å²) < 4.78 is 7.19. The molecule has 18 aromatic rings. The fraction of sp³-hybridized carbons (Fsp3) is 0. The summed E-state index contributed by atoms with van der Waals surface area (Å²) in [5.41, 5.74) is 23.6. The minimum absolute atomic E-state index is 0.724. The van der Waals surface area contributed by atoms with Gasteiger partial charge in [-0.25, -0.2) is 9.97 Å². The lowest BCUT2D eigenvalue weighted by atomic mass is 10.0. The molecule has 18 rings (SSSR count). The second-order valence-corrected chi connectivity index (χ2v) is 23.7. The third kappa shape index (κ3) is 10.1. The van der Waals surface area contributed by atoms with E-state index in [1.54, 1.807) is 0 Å². The average Bonchev–Trinajstić information content (AvgIpc) is 1.59. The molecule has 0 spiro atoms. The van der Waals surface area contributed by atoms with Gasteiger partial charge in [0.15, 0.2) is 5.82 Å². The largest absolute Gasteiger partial charge is 0.311 e. The second-order valence-electron chi connectivity index (χ2n) is 23.7. The van der Waals surface area contributed by atoms with Crippen molar-refractivity contribution < 1.29 is 0 Å². The highest BCUT2D eigenvalue weighted by Gasteiger charge is 2.20. The number of fused-ring (bicyclic) bond motifs is 9. The maximum atomic E-state index is 4.98. The molecule has 0 radical (unpaired) electrons. The number of para-hydroxylation sites is 8. The lowest BCUT2D eigenvalue weighted by Crippen LogP contribution is -2.09. The predicted octanol–water partition coefficient (Wildman–Crippen LogP) is 23.3. The fourth-order valence-electron chi connectivity index (χ4n) is 13.7. The molecule has 0 aliphatic rings. The van der Waals surface area contributed by atoms with Gasteiger partial charge in [-0.2, -0.15) is 0 Å². The van der Waals surface area contributed by atoms with Crippen molar-refractivity contribution in [2.24, 2.45) is 0 Å². The summed E-state index contributed by atoms with van der Waals surface area (Å²) >= 11 is 0. The molecule has 0 aliphatic carbocycles. The van der Waals surface area contributed by atoms with Gasteiger partial charge in [0.1, 0.15) is 0 Å². The van der Waals surface area contributed by atoms with Crippen LogP contribution in [0.3, 0.4) is 0 Å². The molecule has 0 amide bonds. The molecular formula is C88H60N6. The van der Waals surface area contributed by atoms with Gasteiger partial charge in [0.05, 0.1) is 44.5 Å². The van der Waals surface area contributed by atoms with Gasteiger partial charge in [0.2, 0.25) is 0 Å². The van der Waals surface area contributed by atoms with Crippen LogP contribution in [0.25, 0.3) is 139 Å². The van der Waals surface area contributed by atoms with Gasteiger partial charge in [-0.3, -0.25) is 0 Å². The highest BCUT2D eigenvalue weighted by molar-refractivity contribution is 6.12. The Kier molecular flexibility index (Phi) is 14.1. The Bertz CT molecular complexity index is 5370. The zero-order valence-electron chi connectivity index (χ0n) is 51.3. The smallest absolute Gasteiger partial charge is 0.160 e. The van der Waals surface area contributed by atoms with E-state index in [1.807, 2.05) is 36.4 Å². The van der Waals surface area contributed by atoms with Crippen molar-refractivity contribution in [3.8, 4) is 73.2 Å². The van der Waals surface area contributed by atoms with E-state index in [4.69, 9.17) is 9.97 Å². The first-order valence-corrected chi connectivity index (χ1v) is 32.0. The Balaban J connectivity index is 0.000000145. The molecule has 0 unspecified atom stereocenters. The van der Waals surface area contributed by atoms with Crippen LogP contribution in [0.4, 0.5) is 17.1 Å². The van der Waals surface area contributed by atoms with Crippen molar-refractivity contribution in [2.45, 2.75) is 0 Å². The Hall–Kier alpha value is -12.6. The van der Waals surface area contributed by atoms with Crippen LogP contribution in [-0.2, 0) is 0 Å². The summed E-state index contributed by atoms with van der Waals surface area (Å²) in [4.78, 5) is 12.2. The lowest BCUT2D eigenvalue weighted by Gasteiger charge is -2.25. The molecule has 4 heterocycles. The number of anilines is 3. The maximum Gasteiger partial charge on any atom is 0.160 e. The normalized spacial score (nSPS) is 11.4. The molecule has 6 heteroatoms. The van der Waals surface area contributed by atoms with E-state index in [-0.39, 0.29) is 0 Å². The Morgan fingerprint density at radius 2 is 0.468 bits per heavy atom. The van der Waals surface area contributed by atoms with Crippen molar-refractivity contribution in [2.75, 3.05) is 4.90 Å². The monoisotopic (exact) mass is 1200 g/mol. The summed E-state index contributed by atoms with van der Waals surface area (Å²) in [7, 11) is 0. The first-order chi connectivity index (χ1) is 46.6. The summed E-state index contributed by atoms with van der Waals surface area (Å²) in [6, 6.07) is 129. The Labute approximate surface area is 545 Å². The van der Waals surface area contributed by atoms with Crippen LogP contribution in [0.15, 0.2) is 364 Å². The quantitative estimate of drug-likeness (QED) is 0.130. The number of nitrogens with zero attached hydrogens (tertiary/aromatic N) is 6. The fourth-order valence-corrected chi connectivity index (χ4v) is 13.7. The van der Waals surface area contributed by atoms with Crippen molar-refractivity contribution in [1.82, 2.24) is 23.7 Å². The molecular weight excluding hydrogens is 1140 g/mol. The minimum Gasteiger partial charge on any atom is -0.311 e. The zero-order valence-corrected chi connectivity index (χ0v) is 51.3. The molecule has 4 aromatic heterocycles. The van der Waals surface area contributed by atoms with Crippen LogP contribution in [0, 0.1) is 0 Å². The SMILES string of the molecule is c1ccc(-c2cc(-c3ccc(-c4ccc(-n5c6ccccc6c6ccccc65)cc4)cc3)nc(-c3ccccc3)n2)cc1.c1ccc(N(c2ccccc2)c2ccc(-c3cc(-n4c5ccccc5c5ccccc54)cc(-n4c5ccccc5c5ccccc54)c3)cc2)cc1. The van der Waals surface area contributed by atoms with E-state index < -0.39 is 0 Å². The van der Waals surface area contributed by atoms with Gasteiger partial charge in [-0.15, -0.1) is 0 Å². The van der Waals surface area contributed by atoms with Gasteiger partial charge in [-0.1, -0.05) is 255 Å². The average molecular weight is 1200 g/mol. The first kappa shape index (κ1) is 55.4. The third-order valence-corrected chi connectivity index (χ3v) is 18.1. The van der Waals surface area contributed by atoms with Crippen LogP contribution in [0.5, 0.6) is 0 Å². The number of hydrogen-bond donors (Lipinski definition) is 0. The van der Waals surface area contributed by atoms with Crippen molar-refractivity contribution in [3.05, 3.63) is 364 Å². The Morgan fingerprint density at radius 3 is 0.862 bits per heavy atom. The second kappa shape index (κ2) is 24.0. The lowest BCUT2D eigenvalue weighted by molar-refractivity contribution is 1.13. The summed E-state index contributed by atoms with van der Waals surface area (Å²) in [6.07, 6.45) is 0. The molecule has 0 bridgehead atoms. The van der Waals surface area contributed by atoms with Gasteiger partial charge >= 0.3 is 0 Å². The highest BCUT2D eigenvalue weighted by Crippen LogP contribution is 2.41. The van der Waals surface area contributed by atoms with Gasteiger partial charge in [-0.05, 0) is 131 Å². The van der Waals surface area contributed by atoms with Crippen LogP contribution in [0.2, 0.25) is 0 Å². The van der Waals surface area contributed by atoms with E-state index in [2.05, 4.69) is 346 Å². The Morgan fingerprint density at radius 1 is 0.191 bits per heavy atom. The molecule has 0 aliphatic heterocycles. The van der Waals surface area contributed by atoms with E-state index in [1.165, 1.54) is 71.0 Å². The van der Waals surface area contributed by atoms with Crippen LogP contribution in [0.1, 0.15) is 0 Å². The molecule has 6 nitrogen and oxygen atoms in total. The zero-order chi connectivity index (χ0) is 62.3. The maximum absolute atomic E-state index is 4.98. The van der Waals surface area contributed by atoms with Crippen molar-refractivity contribution in [1.29, 1.82) is 0 Å². The summed E-state index contributed by atoms with van der Waals surface area (Å²) in [5.74, 6) is 0.724. The number of rotatable bonds is 11. The number of hydrogen-bond acceptors (Lipinski definition) is 3. The molecule has 0 saturated carbocycles. The third-order valence-electron chi connectivity index (χ3n) is 18.1. The molecule has 0 fully saturated rings. The summed E-state index contributed by atoms with van der Waals surface area (Å²) in [5, 5.41) is 7.56. The molecule has 14 aromatic carbocycles. The van der Waals surface area contributed by atoms with E-state index in [0.29, 0.717) is 0 Å². The van der Waals surface area contributed by atoms with E-state index in [0.717, 1.165) is 84.7 Å². The number of benzene rings is 14. The van der Waals surface area contributed by atoms with Crippen molar-refractivity contribution >= 4 is 82.5 Å². The van der Waals surface area contributed by atoms with Gasteiger partial charge in [0.25, 0.3) is 0 Å². The van der Waals surface area contributed by atoms with Gasteiger partial charge in [0, 0.05) is 83.1 Å². The van der Waals surface area contributed by atoms with Crippen LogP contribution >= 0.6 is 0 Å². The molecule has 0 saturated heterocycles. The minimum atomic E-state index is 0.724. The topological polar surface area (TPSA) is 43.8 Å². The van der Waals surface area contributed by atoms with Crippen LogP contribution in [-0.4, -0.2) is 23.7 Å². The standard InChI is InChI=1S/C48H33N3.C40H27N3/c1-3-15-36(16-4-1)49(37-17-5-2-6-18-37)38-29-27-34(28-30-38)35-31-39(50-45-23-11-7-19-41(45)42-20-8-12-24-46(42)50)33-40(32-35)51-47-25-13-9-21-43(47)44-22-10-14-26-48(44)51;1-3-11-30(12-4-1)36-27-37(42-40(41-36)32-13-5-2-6-14-32)31-21-19-28(20-22-31)29-23-25-33(26-24-29)43-38-17-9-7-15-34(38)35-16-8-10-18-39(35)43/h1-33H;1-27H.